The van der Waals surface area contributed by atoms with Crippen LogP contribution < -0.4 is 5.32 Å². The summed E-state index contributed by atoms with van der Waals surface area (Å²) in [7, 11) is 0. The van der Waals surface area contributed by atoms with Gasteiger partial charge < -0.3 is 10.1 Å². The highest BCUT2D eigenvalue weighted by Crippen LogP contribution is 2.27. The van der Waals surface area contributed by atoms with Crippen LogP contribution in [0.2, 0.25) is 0 Å². The van der Waals surface area contributed by atoms with Gasteiger partial charge >= 0.3 is 5.97 Å². The summed E-state index contributed by atoms with van der Waals surface area (Å²) < 4.78 is 4.82. The molecule has 130 valence electrons. The van der Waals surface area contributed by atoms with E-state index in [2.05, 4.69) is 5.32 Å². The second kappa shape index (κ2) is 8.20. The summed E-state index contributed by atoms with van der Waals surface area (Å²) in [6.45, 7) is 3.00. The lowest BCUT2D eigenvalue weighted by Gasteiger charge is -2.09. The highest BCUT2D eigenvalue weighted by molar-refractivity contribution is 7.08. The summed E-state index contributed by atoms with van der Waals surface area (Å²) in [6, 6.07) is 4.74. The van der Waals surface area contributed by atoms with Crippen molar-refractivity contribution in [3.05, 3.63) is 61.8 Å². The summed E-state index contributed by atoms with van der Waals surface area (Å²) in [5.41, 5.74) is 2.27. The number of carbonyl (C=O) groups excluding carboxylic acids is 2. The van der Waals surface area contributed by atoms with Crippen LogP contribution in [-0.2, 0) is 14.3 Å². The Morgan fingerprint density at radius 1 is 1.32 bits per heavy atom. The molecule has 2 aromatic rings. The number of amides is 1. The number of benzene rings is 1. The predicted octanol–water partition coefficient (Wildman–Crippen LogP) is 3.47. The zero-order chi connectivity index (χ0) is 18.4. The Morgan fingerprint density at radius 3 is 2.68 bits per heavy atom. The Labute approximate surface area is 148 Å². The number of nitrogens with one attached hydrogen (secondary N) is 1. The van der Waals surface area contributed by atoms with Crippen molar-refractivity contribution < 1.29 is 19.2 Å². The maximum Gasteiger partial charge on any atom is 0.331 e. The number of hydrogen-bond donors (Lipinski definition) is 1. The highest BCUT2D eigenvalue weighted by Gasteiger charge is 2.18. The van der Waals surface area contributed by atoms with E-state index in [4.69, 9.17) is 4.74 Å². The molecule has 0 saturated carbocycles. The van der Waals surface area contributed by atoms with E-state index >= 15 is 0 Å². The zero-order valence-corrected chi connectivity index (χ0v) is 14.5. The Hall–Kier alpha value is -3.00. The van der Waals surface area contributed by atoms with Gasteiger partial charge in [0.25, 0.3) is 11.6 Å². The molecule has 1 amide bonds. The van der Waals surface area contributed by atoms with E-state index in [-0.39, 0.29) is 11.4 Å². The number of thiophene rings is 1. The molecular formula is C17H16N2O5S. The van der Waals surface area contributed by atoms with Crippen molar-refractivity contribution in [1.82, 2.24) is 0 Å². The van der Waals surface area contributed by atoms with Crippen LogP contribution in [0.3, 0.4) is 0 Å². The van der Waals surface area contributed by atoms with E-state index in [1.165, 1.54) is 29.5 Å². The van der Waals surface area contributed by atoms with Crippen LogP contribution in [0.5, 0.6) is 0 Å². The molecular weight excluding hydrogens is 344 g/mol. The summed E-state index contributed by atoms with van der Waals surface area (Å²) in [4.78, 5) is 34.0. The minimum Gasteiger partial charge on any atom is -0.452 e. The van der Waals surface area contributed by atoms with E-state index < -0.39 is 23.4 Å². The fourth-order valence-electron chi connectivity index (χ4n) is 1.96. The van der Waals surface area contributed by atoms with Gasteiger partial charge in [0, 0.05) is 12.1 Å². The molecule has 7 nitrogen and oxygen atoms in total. The van der Waals surface area contributed by atoms with Crippen LogP contribution in [-0.4, -0.2) is 23.4 Å². The van der Waals surface area contributed by atoms with Crippen LogP contribution in [0.1, 0.15) is 16.7 Å². The van der Waals surface area contributed by atoms with Gasteiger partial charge in [-0.05, 0) is 59.5 Å². The Balaban J connectivity index is 1.95. The standard InChI is InChI=1S/C17H16N2O5S/c1-11-7-14(15(19(22)23)8-12(11)2)18-16(20)9-24-17(21)4-3-13-5-6-25-10-13/h3-8,10H,9H2,1-2H3,(H,18,20)/b4-3+. The minimum absolute atomic E-state index is 0.0722. The van der Waals surface area contributed by atoms with Crippen molar-refractivity contribution in [1.29, 1.82) is 0 Å². The molecule has 0 fully saturated rings. The molecule has 0 saturated heterocycles. The fourth-order valence-corrected chi connectivity index (χ4v) is 2.59. The largest absolute Gasteiger partial charge is 0.452 e. The number of carbonyl (C=O) groups is 2. The Morgan fingerprint density at radius 2 is 2.04 bits per heavy atom. The molecule has 1 N–H and O–H groups in total. The molecule has 1 aromatic heterocycles. The molecule has 0 spiro atoms. The maximum absolute atomic E-state index is 11.9. The number of esters is 1. The van der Waals surface area contributed by atoms with Crippen LogP contribution in [0, 0.1) is 24.0 Å². The number of ether oxygens (including phenoxy) is 1. The van der Waals surface area contributed by atoms with E-state index in [1.807, 2.05) is 16.8 Å². The van der Waals surface area contributed by atoms with Crippen molar-refractivity contribution in [3.63, 3.8) is 0 Å². The normalized spacial score (nSPS) is 10.6. The van der Waals surface area contributed by atoms with Gasteiger partial charge in [0.15, 0.2) is 6.61 Å². The molecule has 0 aliphatic rings. The third kappa shape index (κ3) is 5.25. The second-order valence-corrected chi connectivity index (χ2v) is 6.04. The average molecular weight is 360 g/mol. The van der Waals surface area contributed by atoms with Gasteiger partial charge in [-0.1, -0.05) is 0 Å². The molecule has 0 unspecified atom stereocenters. The average Bonchev–Trinajstić information content (AvgIpc) is 3.07. The summed E-state index contributed by atoms with van der Waals surface area (Å²) in [5, 5.41) is 17.2. The summed E-state index contributed by atoms with van der Waals surface area (Å²) >= 11 is 1.49. The quantitative estimate of drug-likeness (QED) is 0.368. The van der Waals surface area contributed by atoms with Gasteiger partial charge in [-0.15, -0.1) is 0 Å². The van der Waals surface area contributed by atoms with Crippen molar-refractivity contribution in [3.8, 4) is 0 Å². The molecule has 0 aliphatic heterocycles. The van der Waals surface area contributed by atoms with Gasteiger partial charge in [-0.3, -0.25) is 14.9 Å². The number of aryl methyl sites for hydroxylation is 2. The molecule has 25 heavy (non-hydrogen) atoms. The summed E-state index contributed by atoms with van der Waals surface area (Å²) in [6.07, 6.45) is 2.79. The van der Waals surface area contributed by atoms with E-state index in [0.29, 0.717) is 0 Å². The highest BCUT2D eigenvalue weighted by atomic mass is 32.1. The second-order valence-electron chi connectivity index (χ2n) is 5.26. The van der Waals surface area contributed by atoms with Gasteiger partial charge in [0.1, 0.15) is 5.69 Å². The van der Waals surface area contributed by atoms with Crippen LogP contribution in [0.25, 0.3) is 6.08 Å². The first-order valence-electron chi connectivity index (χ1n) is 7.29. The van der Waals surface area contributed by atoms with E-state index in [9.17, 15) is 19.7 Å². The first-order chi connectivity index (χ1) is 11.9. The lowest BCUT2D eigenvalue weighted by atomic mass is 10.1. The molecule has 1 heterocycles. The van der Waals surface area contributed by atoms with Crippen molar-refractivity contribution >= 4 is 40.7 Å². The number of rotatable bonds is 6. The van der Waals surface area contributed by atoms with Crippen LogP contribution in [0.4, 0.5) is 11.4 Å². The molecule has 8 heteroatoms. The van der Waals surface area contributed by atoms with E-state index in [0.717, 1.165) is 16.7 Å². The monoisotopic (exact) mass is 360 g/mol. The topological polar surface area (TPSA) is 98.5 Å². The van der Waals surface area contributed by atoms with E-state index in [1.54, 1.807) is 19.9 Å². The smallest absolute Gasteiger partial charge is 0.331 e. The molecule has 0 aliphatic carbocycles. The zero-order valence-electron chi connectivity index (χ0n) is 13.6. The molecule has 0 atom stereocenters. The molecule has 2 rings (SSSR count). The van der Waals surface area contributed by atoms with Gasteiger partial charge in [0.2, 0.25) is 0 Å². The molecule has 0 radical (unpaired) electrons. The predicted molar refractivity (Wildman–Crippen MR) is 95.5 cm³/mol. The lowest BCUT2D eigenvalue weighted by molar-refractivity contribution is -0.384. The van der Waals surface area contributed by atoms with Crippen LogP contribution >= 0.6 is 11.3 Å². The van der Waals surface area contributed by atoms with Gasteiger partial charge in [0.05, 0.1) is 4.92 Å². The van der Waals surface area contributed by atoms with Crippen molar-refractivity contribution in [2.24, 2.45) is 0 Å². The summed E-state index contributed by atoms with van der Waals surface area (Å²) in [5.74, 6) is -1.32. The number of nitro groups is 1. The number of nitrogens with zero attached hydrogens (tertiary/aromatic N) is 1. The van der Waals surface area contributed by atoms with Crippen molar-refractivity contribution in [2.45, 2.75) is 13.8 Å². The van der Waals surface area contributed by atoms with Gasteiger partial charge in [-0.25, -0.2) is 4.79 Å². The minimum atomic E-state index is -0.670. The molecule has 0 bridgehead atoms. The Bertz CT molecular complexity index is 828. The third-order valence-corrected chi connectivity index (χ3v) is 4.08. The fraction of sp³-hybridized carbons (Fsp3) is 0.176. The number of nitro benzene ring substituents is 1. The van der Waals surface area contributed by atoms with Crippen LogP contribution in [0.15, 0.2) is 35.0 Å². The number of anilines is 1. The first-order valence-corrected chi connectivity index (χ1v) is 8.23. The SMILES string of the molecule is Cc1cc(NC(=O)COC(=O)/C=C/c2ccsc2)c([N+](=O)[O-])cc1C. The number of hydrogen-bond acceptors (Lipinski definition) is 6. The molecule has 1 aromatic carbocycles. The maximum atomic E-state index is 11.9. The van der Waals surface area contributed by atoms with Gasteiger partial charge in [-0.2, -0.15) is 11.3 Å². The first kappa shape index (κ1) is 18.3. The third-order valence-electron chi connectivity index (χ3n) is 3.38. The lowest BCUT2D eigenvalue weighted by Crippen LogP contribution is -2.20. The van der Waals surface area contributed by atoms with Crippen molar-refractivity contribution in [2.75, 3.05) is 11.9 Å². The Kier molecular flexibility index (Phi) is 6.02.